The number of hydrogen-bond donors (Lipinski definition) is 1. The van der Waals surface area contributed by atoms with Crippen LogP contribution in [0, 0.1) is 5.41 Å². The molecule has 7 heteroatoms. The minimum absolute atomic E-state index is 0.0987. The number of likely N-dealkylation sites (tertiary alicyclic amines) is 1. The van der Waals surface area contributed by atoms with Gasteiger partial charge >= 0.3 is 0 Å². The normalized spacial score (nSPS) is 19.8. The van der Waals surface area contributed by atoms with Gasteiger partial charge in [0.1, 0.15) is 17.9 Å². The zero-order chi connectivity index (χ0) is 19.6. The smallest absolute Gasteiger partial charge is 0.273 e. The number of carbonyl (C=O) groups is 1. The van der Waals surface area contributed by atoms with Gasteiger partial charge in [0.25, 0.3) is 5.91 Å². The SMILES string of the molecule is CN1CC[C@@](C)(CNC(=O)c2cc(COc3cccc4cccnc34)on2)C1. The van der Waals surface area contributed by atoms with E-state index in [4.69, 9.17) is 9.26 Å². The van der Waals surface area contributed by atoms with Gasteiger partial charge in [0.05, 0.1) is 0 Å². The number of aromatic nitrogens is 2. The Kier molecular flexibility index (Phi) is 5.00. The van der Waals surface area contributed by atoms with E-state index in [1.165, 1.54) is 0 Å². The molecule has 7 nitrogen and oxygen atoms in total. The summed E-state index contributed by atoms with van der Waals surface area (Å²) in [5.74, 6) is 0.932. The maximum Gasteiger partial charge on any atom is 0.273 e. The lowest BCUT2D eigenvalue weighted by Gasteiger charge is -2.23. The third-order valence-corrected chi connectivity index (χ3v) is 5.18. The molecule has 1 N–H and O–H groups in total. The van der Waals surface area contributed by atoms with E-state index < -0.39 is 0 Å². The number of benzene rings is 1. The summed E-state index contributed by atoms with van der Waals surface area (Å²) in [5.41, 5.74) is 1.16. The molecule has 28 heavy (non-hydrogen) atoms. The number of amides is 1. The first-order valence-electron chi connectivity index (χ1n) is 9.41. The Hall–Kier alpha value is -2.93. The molecule has 1 aliphatic rings. The lowest BCUT2D eigenvalue weighted by atomic mass is 9.90. The summed E-state index contributed by atoms with van der Waals surface area (Å²) in [5, 5.41) is 7.86. The molecule has 3 aromatic rings. The predicted molar refractivity (Wildman–Crippen MR) is 105 cm³/mol. The molecular weight excluding hydrogens is 356 g/mol. The van der Waals surface area contributed by atoms with Crippen molar-refractivity contribution in [2.45, 2.75) is 20.0 Å². The number of nitrogens with zero attached hydrogens (tertiary/aromatic N) is 3. The first-order valence-corrected chi connectivity index (χ1v) is 9.41. The van der Waals surface area contributed by atoms with E-state index in [1.807, 2.05) is 30.3 Å². The molecule has 3 heterocycles. The molecule has 2 aromatic heterocycles. The van der Waals surface area contributed by atoms with Crippen LogP contribution in [0.3, 0.4) is 0 Å². The summed E-state index contributed by atoms with van der Waals surface area (Å²) < 4.78 is 11.1. The summed E-state index contributed by atoms with van der Waals surface area (Å²) in [6, 6.07) is 11.2. The first kappa shape index (κ1) is 18.4. The van der Waals surface area contributed by atoms with Crippen LogP contribution in [0.4, 0.5) is 0 Å². The number of ether oxygens (including phenoxy) is 1. The van der Waals surface area contributed by atoms with Crippen LogP contribution < -0.4 is 10.1 Å². The standard InChI is InChI=1S/C21H24N4O3/c1-21(8-10-25(2)14-21)13-23-20(26)17-11-16(28-24-17)12-27-18-7-3-5-15-6-4-9-22-19(15)18/h3-7,9,11H,8,10,12-14H2,1-2H3,(H,23,26)/t21-/m0/s1. The quantitative estimate of drug-likeness (QED) is 0.708. The molecule has 1 amide bonds. The Bertz CT molecular complexity index is 981. The molecule has 1 aliphatic heterocycles. The van der Waals surface area contributed by atoms with E-state index in [2.05, 4.69) is 34.3 Å². The minimum atomic E-state index is -0.224. The van der Waals surface area contributed by atoms with Gasteiger partial charge < -0.3 is 19.5 Å². The Balaban J connectivity index is 1.36. The van der Waals surface area contributed by atoms with Crippen molar-refractivity contribution in [1.82, 2.24) is 20.4 Å². The third-order valence-electron chi connectivity index (χ3n) is 5.18. The highest BCUT2D eigenvalue weighted by Crippen LogP contribution is 2.28. The molecule has 1 atom stereocenters. The topological polar surface area (TPSA) is 80.5 Å². The third kappa shape index (κ3) is 3.99. The maximum absolute atomic E-state index is 12.4. The van der Waals surface area contributed by atoms with E-state index in [-0.39, 0.29) is 23.6 Å². The van der Waals surface area contributed by atoms with E-state index in [1.54, 1.807) is 12.3 Å². The van der Waals surface area contributed by atoms with Gasteiger partial charge in [0.15, 0.2) is 11.5 Å². The summed E-state index contributed by atoms with van der Waals surface area (Å²) in [6.07, 6.45) is 2.80. The van der Waals surface area contributed by atoms with E-state index in [9.17, 15) is 4.79 Å². The van der Waals surface area contributed by atoms with Crippen LogP contribution in [0.25, 0.3) is 10.9 Å². The molecule has 146 valence electrons. The second-order valence-corrected chi connectivity index (χ2v) is 7.78. The molecule has 0 unspecified atom stereocenters. The zero-order valence-electron chi connectivity index (χ0n) is 16.1. The molecule has 0 radical (unpaired) electrons. The van der Waals surface area contributed by atoms with Gasteiger partial charge in [0, 0.05) is 30.7 Å². The second-order valence-electron chi connectivity index (χ2n) is 7.78. The van der Waals surface area contributed by atoms with Crippen molar-refractivity contribution >= 4 is 16.8 Å². The summed E-state index contributed by atoms with van der Waals surface area (Å²) in [4.78, 5) is 19.0. The van der Waals surface area contributed by atoms with Crippen molar-refractivity contribution in [1.29, 1.82) is 0 Å². The fourth-order valence-electron chi connectivity index (χ4n) is 3.63. The van der Waals surface area contributed by atoms with Gasteiger partial charge in [0.2, 0.25) is 0 Å². The van der Waals surface area contributed by atoms with Gasteiger partial charge in [-0.05, 0) is 37.6 Å². The molecule has 4 rings (SSSR count). The molecule has 1 aromatic carbocycles. The Morgan fingerprint density at radius 2 is 2.21 bits per heavy atom. The van der Waals surface area contributed by atoms with Crippen LogP contribution >= 0.6 is 0 Å². The highest BCUT2D eigenvalue weighted by atomic mass is 16.5. The average molecular weight is 380 g/mol. The van der Waals surface area contributed by atoms with E-state index in [0.29, 0.717) is 18.1 Å². The fraction of sp³-hybridized carbons (Fsp3) is 0.381. The molecule has 0 aliphatic carbocycles. The molecule has 0 saturated carbocycles. The number of rotatable bonds is 6. The van der Waals surface area contributed by atoms with Crippen LogP contribution in [-0.2, 0) is 6.61 Å². The minimum Gasteiger partial charge on any atom is -0.483 e. The Morgan fingerprint density at radius 1 is 1.36 bits per heavy atom. The van der Waals surface area contributed by atoms with E-state index >= 15 is 0 Å². The van der Waals surface area contributed by atoms with Gasteiger partial charge in [-0.15, -0.1) is 0 Å². The number of nitrogens with one attached hydrogen (secondary N) is 1. The summed E-state index contributed by atoms with van der Waals surface area (Å²) in [7, 11) is 2.10. The molecule has 1 saturated heterocycles. The van der Waals surface area contributed by atoms with Crippen LogP contribution in [0.15, 0.2) is 47.1 Å². The van der Waals surface area contributed by atoms with Crippen LogP contribution in [0.2, 0.25) is 0 Å². The van der Waals surface area contributed by atoms with Gasteiger partial charge in [-0.25, -0.2) is 0 Å². The first-order chi connectivity index (χ1) is 13.5. The lowest BCUT2D eigenvalue weighted by Crippen LogP contribution is -2.37. The zero-order valence-corrected chi connectivity index (χ0v) is 16.1. The van der Waals surface area contributed by atoms with Crippen LogP contribution in [-0.4, -0.2) is 47.6 Å². The van der Waals surface area contributed by atoms with Crippen molar-refractivity contribution < 1.29 is 14.1 Å². The predicted octanol–water partition coefficient (Wildman–Crippen LogP) is 2.87. The molecule has 0 spiro atoms. The highest BCUT2D eigenvalue weighted by molar-refractivity contribution is 5.92. The lowest BCUT2D eigenvalue weighted by molar-refractivity contribution is 0.0925. The maximum atomic E-state index is 12.4. The number of hydrogen-bond acceptors (Lipinski definition) is 6. The van der Waals surface area contributed by atoms with Gasteiger partial charge in [-0.3, -0.25) is 9.78 Å². The average Bonchev–Trinajstić information content (AvgIpc) is 3.31. The highest BCUT2D eigenvalue weighted by Gasteiger charge is 2.32. The molecular formula is C21H24N4O3. The number of fused-ring (bicyclic) bond motifs is 1. The monoisotopic (exact) mass is 380 g/mol. The Labute approximate surface area is 163 Å². The second kappa shape index (κ2) is 7.59. The van der Waals surface area contributed by atoms with Gasteiger partial charge in [-0.1, -0.05) is 30.3 Å². The fourth-order valence-corrected chi connectivity index (χ4v) is 3.63. The molecule has 0 bridgehead atoms. The van der Waals surface area contributed by atoms with Crippen molar-refractivity contribution in [2.24, 2.45) is 5.41 Å². The Morgan fingerprint density at radius 3 is 3.04 bits per heavy atom. The van der Waals surface area contributed by atoms with Crippen molar-refractivity contribution in [3.05, 3.63) is 54.0 Å². The van der Waals surface area contributed by atoms with E-state index in [0.717, 1.165) is 30.4 Å². The largest absolute Gasteiger partial charge is 0.483 e. The number of para-hydroxylation sites is 1. The van der Waals surface area contributed by atoms with Crippen molar-refractivity contribution in [2.75, 3.05) is 26.7 Å². The number of carbonyl (C=O) groups excluding carboxylic acids is 1. The van der Waals surface area contributed by atoms with Gasteiger partial charge in [-0.2, -0.15) is 0 Å². The summed E-state index contributed by atoms with van der Waals surface area (Å²) >= 11 is 0. The van der Waals surface area contributed by atoms with Crippen LogP contribution in [0.5, 0.6) is 5.75 Å². The summed E-state index contributed by atoms with van der Waals surface area (Å²) in [6.45, 7) is 5.02. The molecule has 1 fully saturated rings. The van der Waals surface area contributed by atoms with Crippen LogP contribution in [0.1, 0.15) is 29.6 Å². The van der Waals surface area contributed by atoms with Crippen molar-refractivity contribution in [3.8, 4) is 5.75 Å². The number of pyridine rings is 1. The van der Waals surface area contributed by atoms with Crippen molar-refractivity contribution in [3.63, 3.8) is 0 Å².